The molecule has 1 N–H and O–H groups in total. The normalized spacial score (nSPS) is 23.3. The summed E-state index contributed by atoms with van der Waals surface area (Å²) in [7, 11) is 0. The Morgan fingerprint density at radius 3 is 2.80 bits per heavy atom. The first-order chi connectivity index (χ1) is 9.81. The molecule has 0 spiro atoms. The molecule has 108 valence electrons. The average molecular weight is 273 g/mol. The number of para-hydroxylation sites is 1. The van der Waals surface area contributed by atoms with Crippen LogP contribution in [0.4, 0.5) is 4.39 Å². The van der Waals surface area contributed by atoms with Crippen LogP contribution in [0.15, 0.2) is 24.3 Å². The second-order valence-electron chi connectivity index (χ2n) is 6.07. The molecule has 0 saturated heterocycles. The van der Waals surface area contributed by atoms with Crippen LogP contribution < -0.4 is 0 Å². The Hall–Kier alpha value is -1.31. The van der Waals surface area contributed by atoms with Crippen LogP contribution in [-0.2, 0) is 6.42 Å². The standard InChI is InChI=1S/C18H24FN/c1-2-3-11-17-18(13-8-4-6-10-15(13)19)14-9-5-7-12-16(14)20-17/h5,7,9,12-13,15,20H,2-4,6,8,10-11H2,1H3. The van der Waals surface area contributed by atoms with Gasteiger partial charge in [-0.3, -0.25) is 0 Å². The zero-order chi connectivity index (χ0) is 13.9. The summed E-state index contributed by atoms with van der Waals surface area (Å²) in [5, 5.41) is 1.24. The third kappa shape index (κ3) is 2.48. The van der Waals surface area contributed by atoms with Gasteiger partial charge in [-0.15, -0.1) is 0 Å². The number of hydrogen-bond acceptors (Lipinski definition) is 0. The molecule has 1 aromatic heterocycles. The highest BCUT2D eigenvalue weighted by Gasteiger charge is 2.30. The summed E-state index contributed by atoms with van der Waals surface area (Å²) in [6, 6.07) is 8.39. The monoisotopic (exact) mass is 273 g/mol. The topological polar surface area (TPSA) is 15.8 Å². The Bertz CT molecular complexity index is 572. The maximum atomic E-state index is 14.4. The summed E-state index contributed by atoms with van der Waals surface area (Å²) in [5.41, 5.74) is 3.73. The smallest absolute Gasteiger partial charge is 0.107 e. The predicted octanol–water partition coefficient (Wildman–Crippen LogP) is 5.51. The van der Waals surface area contributed by atoms with E-state index in [1.165, 1.54) is 35.0 Å². The van der Waals surface area contributed by atoms with Crippen molar-refractivity contribution in [2.75, 3.05) is 0 Å². The van der Waals surface area contributed by atoms with Crippen molar-refractivity contribution in [3.8, 4) is 0 Å². The highest BCUT2D eigenvalue weighted by atomic mass is 19.1. The Morgan fingerprint density at radius 1 is 1.20 bits per heavy atom. The van der Waals surface area contributed by atoms with E-state index in [4.69, 9.17) is 0 Å². The van der Waals surface area contributed by atoms with Crippen molar-refractivity contribution in [2.45, 2.75) is 64.0 Å². The number of rotatable bonds is 4. The number of alkyl halides is 1. The van der Waals surface area contributed by atoms with E-state index < -0.39 is 6.17 Å². The van der Waals surface area contributed by atoms with Gasteiger partial charge in [0.25, 0.3) is 0 Å². The summed E-state index contributed by atoms with van der Waals surface area (Å²) in [4.78, 5) is 3.55. The van der Waals surface area contributed by atoms with E-state index in [2.05, 4.69) is 36.2 Å². The van der Waals surface area contributed by atoms with Crippen LogP contribution in [0.5, 0.6) is 0 Å². The van der Waals surface area contributed by atoms with E-state index in [0.717, 1.165) is 32.1 Å². The third-order valence-electron chi connectivity index (χ3n) is 4.66. The van der Waals surface area contributed by atoms with Crippen molar-refractivity contribution in [2.24, 2.45) is 0 Å². The first-order valence-electron chi connectivity index (χ1n) is 8.04. The number of fused-ring (bicyclic) bond motifs is 1. The lowest BCUT2D eigenvalue weighted by molar-refractivity contribution is 0.216. The lowest BCUT2D eigenvalue weighted by Crippen LogP contribution is -2.19. The number of aryl methyl sites for hydroxylation is 1. The second-order valence-corrected chi connectivity index (χ2v) is 6.07. The van der Waals surface area contributed by atoms with Crippen LogP contribution >= 0.6 is 0 Å². The van der Waals surface area contributed by atoms with Crippen molar-refractivity contribution < 1.29 is 4.39 Å². The lowest BCUT2D eigenvalue weighted by Gasteiger charge is -2.27. The fourth-order valence-electron chi connectivity index (χ4n) is 3.60. The van der Waals surface area contributed by atoms with Crippen LogP contribution in [-0.4, -0.2) is 11.2 Å². The number of halogens is 1. The lowest BCUT2D eigenvalue weighted by atomic mass is 9.81. The van der Waals surface area contributed by atoms with Crippen molar-refractivity contribution in [3.63, 3.8) is 0 Å². The minimum atomic E-state index is -0.664. The number of benzene rings is 1. The molecular weight excluding hydrogens is 249 g/mol. The van der Waals surface area contributed by atoms with Gasteiger partial charge in [-0.05, 0) is 37.3 Å². The van der Waals surface area contributed by atoms with Crippen molar-refractivity contribution in [1.29, 1.82) is 0 Å². The highest BCUT2D eigenvalue weighted by Crippen LogP contribution is 2.40. The molecule has 2 heteroatoms. The molecule has 1 aromatic carbocycles. The molecule has 0 aliphatic heterocycles. The number of aromatic amines is 1. The summed E-state index contributed by atoms with van der Waals surface area (Å²) >= 11 is 0. The van der Waals surface area contributed by atoms with Gasteiger partial charge in [0.05, 0.1) is 0 Å². The van der Waals surface area contributed by atoms with Gasteiger partial charge in [0, 0.05) is 22.5 Å². The molecule has 1 heterocycles. The summed E-state index contributed by atoms with van der Waals surface area (Å²) in [6.45, 7) is 2.21. The van der Waals surface area contributed by atoms with Gasteiger partial charge in [-0.2, -0.15) is 0 Å². The molecule has 1 aliphatic rings. The Labute approximate surface area is 120 Å². The van der Waals surface area contributed by atoms with Gasteiger partial charge in [-0.1, -0.05) is 44.4 Å². The second kappa shape index (κ2) is 5.99. The Morgan fingerprint density at radius 2 is 2.00 bits per heavy atom. The highest BCUT2D eigenvalue weighted by molar-refractivity contribution is 5.85. The molecule has 3 rings (SSSR count). The molecular formula is C18H24FN. The molecule has 1 nitrogen and oxygen atoms in total. The van der Waals surface area contributed by atoms with Gasteiger partial charge >= 0.3 is 0 Å². The Balaban J connectivity index is 2.05. The zero-order valence-corrected chi connectivity index (χ0v) is 12.3. The van der Waals surface area contributed by atoms with Crippen LogP contribution in [0.2, 0.25) is 0 Å². The number of nitrogens with one attached hydrogen (secondary N) is 1. The fraction of sp³-hybridized carbons (Fsp3) is 0.556. The fourth-order valence-corrected chi connectivity index (χ4v) is 3.60. The Kier molecular flexibility index (Phi) is 4.09. The van der Waals surface area contributed by atoms with Gasteiger partial charge in [0.15, 0.2) is 0 Å². The van der Waals surface area contributed by atoms with E-state index in [1.54, 1.807) is 0 Å². The van der Waals surface area contributed by atoms with Crippen LogP contribution in [0, 0.1) is 0 Å². The van der Waals surface area contributed by atoms with Crippen LogP contribution in [0.25, 0.3) is 10.9 Å². The minimum Gasteiger partial charge on any atom is -0.358 e. The van der Waals surface area contributed by atoms with Crippen molar-refractivity contribution in [1.82, 2.24) is 4.98 Å². The van der Waals surface area contributed by atoms with Gasteiger partial charge in [0.1, 0.15) is 6.17 Å². The van der Waals surface area contributed by atoms with E-state index in [1.807, 2.05) is 0 Å². The number of aromatic nitrogens is 1. The molecule has 0 amide bonds. The van der Waals surface area contributed by atoms with Crippen molar-refractivity contribution in [3.05, 3.63) is 35.5 Å². The maximum Gasteiger partial charge on any atom is 0.107 e. The molecule has 0 bridgehead atoms. The number of unbranched alkanes of at least 4 members (excludes halogenated alkanes) is 1. The molecule has 2 atom stereocenters. The largest absolute Gasteiger partial charge is 0.358 e. The molecule has 1 fully saturated rings. The minimum absolute atomic E-state index is 0.103. The quantitative estimate of drug-likeness (QED) is 0.756. The predicted molar refractivity (Wildman–Crippen MR) is 83.0 cm³/mol. The van der Waals surface area contributed by atoms with Crippen LogP contribution in [0.1, 0.15) is 62.6 Å². The summed E-state index contributed by atoms with van der Waals surface area (Å²) in [6.07, 6.45) is 6.68. The van der Waals surface area contributed by atoms with Crippen LogP contribution in [0.3, 0.4) is 0 Å². The maximum absolute atomic E-state index is 14.4. The third-order valence-corrected chi connectivity index (χ3v) is 4.66. The first-order valence-corrected chi connectivity index (χ1v) is 8.04. The summed E-state index contributed by atoms with van der Waals surface area (Å²) < 4.78 is 14.4. The molecule has 2 unspecified atom stereocenters. The van der Waals surface area contributed by atoms with E-state index in [-0.39, 0.29) is 5.92 Å². The van der Waals surface area contributed by atoms with Gasteiger partial charge < -0.3 is 4.98 Å². The van der Waals surface area contributed by atoms with E-state index in [9.17, 15) is 4.39 Å². The molecule has 1 aliphatic carbocycles. The molecule has 1 saturated carbocycles. The SMILES string of the molecule is CCCCc1[nH]c2ccccc2c1C1CCCCC1F. The van der Waals surface area contributed by atoms with E-state index >= 15 is 0 Å². The van der Waals surface area contributed by atoms with Gasteiger partial charge in [-0.25, -0.2) is 4.39 Å². The van der Waals surface area contributed by atoms with E-state index in [0.29, 0.717) is 0 Å². The average Bonchev–Trinajstić information content (AvgIpc) is 2.84. The molecule has 2 aromatic rings. The molecule has 0 radical (unpaired) electrons. The van der Waals surface area contributed by atoms with Gasteiger partial charge in [0.2, 0.25) is 0 Å². The summed E-state index contributed by atoms with van der Waals surface area (Å²) in [5.74, 6) is 0.103. The number of H-pyrrole nitrogens is 1. The molecule has 20 heavy (non-hydrogen) atoms. The first kappa shape index (κ1) is 13.7. The van der Waals surface area contributed by atoms with Crippen molar-refractivity contribution >= 4 is 10.9 Å². The zero-order valence-electron chi connectivity index (χ0n) is 12.3. The number of hydrogen-bond donors (Lipinski definition) is 1.